The number of hydrogen-bond donors (Lipinski definition) is 6. The van der Waals surface area contributed by atoms with Crippen LogP contribution in [0.1, 0.15) is 274 Å². The van der Waals surface area contributed by atoms with E-state index >= 15 is 0 Å². The van der Waals surface area contributed by atoms with Gasteiger partial charge in [-0.3, -0.25) is 19.4 Å². The van der Waals surface area contributed by atoms with Crippen LogP contribution in [0, 0.1) is 23.7 Å². The smallest absolute Gasteiger partial charge is 0.243 e. The van der Waals surface area contributed by atoms with Gasteiger partial charge in [-0.2, -0.15) is 0 Å². The monoisotopic (exact) mass is 993 g/mol. The number of amides is 2. The molecule has 6 atom stereocenters. The molecule has 0 spiro atoms. The third-order valence-corrected chi connectivity index (χ3v) is 14.9. The molecule has 416 valence electrons. The summed E-state index contributed by atoms with van der Waals surface area (Å²) in [6.45, 7) is 22.0. The second-order valence-electron chi connectivity index (χ2n) is 24.2. The molecule has 1 rings (SSSR count). The molecule has 0 saturated carbocycles. The van der Waals surface area contributed by atoms with Crippen LogP contribution in [-0.4, -0.2) is 118 Å². The molecule has 70 heavy (non-hydrogen) atoms. The van der Waals surface area contributed by atoms with Crippen molar-refractivity contribution in [2.24, 2.45) is 23.7 Å². The topological polar surface area (TPSA) is 146 Å². The van der Waals surface area contributed by atoms with E-state index in [4.69, 9.17) is 0 Å². The molecule has 2 amide bonds. The molecule has 1 aliphatic rings. The van der Waals surface area contributed by atoms with Gasteiger partial charge in [0.05, 0.1) is 24.4 Å². The number of rotatable bonds is 50. The number of aliphatic hydroxyl groups excluding tert-OH is 4. The second-order valence-corrected chi connectivity index (χ2v) is 24.2. The number of piperazine rings is 1. The molecule has 0 aromatic heterocycles. The second kappa shape index (κ2) is 44.0. The summed E-state index contributed by atoms with van der Waals surface area (Å²) in [6.07, 6.45) is 34.7. The van der Waals surface area contributed by atoms with Crippen molar-refractivity contribution in [1.29, 1.82) is 0 Å². The summed E-state index contributed by atoms with van der Waals surface area (Å²) in [4.78, 5) is 31.0. The predicted molar refractivity (Wildman–Crippen MR) is 297 cm³/mol. The van der Waals surface area contributed by atoms with Crippen molar-refractivity contribution in [3.63, 3.8) is 0 Å². The van der Waals surface area contributed by atoms with Crippen LogP contribution in [0.15, 0.2) is 0 Å². The Morgan fingerprint density at radius 2 is 0.543 bits per heavy atom. The fourth-order valence-corrected chi connectivity index (χ4v) is 10.4. The van der Waals surface area contributed by atoms with E-state index in [-0.39, 0.29) is 11.8 Å². The molecule has 0 aromatic carbocycles. The number of carbonyl (C=O) groups excluding carboxylic acids is 2. The van der Waals surface area contributed by atoms with E-state index in [0.717, 1.165) is 139 Å². The Hall–Kier alpha value is -1.30. The number of aliphatic hydroxyl groups is 4. The first kappa shape index (κ1) is 66.7. The van der Waals surface area contributed by atoms with Gasteiger partial charge in [-0.25, -0.2) is 0 Å². The van der Waals surface area contributed by atoms with Gasteiger partial charge >= 0.3 is 0 Å². The van der Waals surface area contributed by atoms with E-state index in [9.17, 15) is 30.0 Å². The Balaban J connectivity index is 2.61. The van der Waals surface area contributed by atoms with Gasteiger partial charge in [0.1, 0.15) is 12.1 Å². The summed E-state index contributed by atoms with van der Waals surface area (Å²) >= 11 is 0. The summed E-state index contributed by atoms with van der Waals surface area (Å²) in [7, 11) is 0. The first-order valence-electron chi connectivity index (χ1n) is 30.3. The van der Waals surface area contributed by atoms with Gasteiger partial charge in [0.25, 0.3) is 0 Å². The molecular weight excluding hydrogens is 873 g/mol. The van der Waals surface area contributed by atoms with Crippen LogP contribution in [0.3, 0.4) is 0 Å². The Morgan fingerprint density at radius 3 is 0.771 bits per heavy atom. The normalized spacial score (nSPS) is 17.4. The summed E-state index contributed by atoms with van der Waals surface area (Å²) in [5.41, 5.74) is 0. The number of unbranched alkanes of at least 4 members (excludes halogenated alkanes) is 18. The van der Waals surface area contributed by atoms with E-state index in [2.05, 4.69) is 75.8 Å². The van der Waals surface area contributed by atoms with Crippen LogP contribution in [0.4, 0.5) is 0 Å². The van der Waals surface area contributed by atoms with Crippen molar-refractivity contribution in [3.05, 3.63) is 0 Å². The summed E-state index contributed by atoms with van der Waals surface area (Å²) in [5, 5.41) is 50.3. The third kappa shape index (κ3) is 40.1. The average molecular weight is 994 g/mol. The molecule has 10 heteroatoms. The Labute approximate surface area is 433 Å². The SMILES string of the molecule is CC(C)CCCCCCCC(O)CN(CCCCC1NC(=O)C(CCCCN(CC(O)CCCCCCCC(C)C)CC(O)CCCCCCCC(C)C)NC1=O)CC(O)CCCCCCCC(C)C. The largest absolute Gasteiger partial charge is 0.392 e. The number of nitrogens with zero attached hydrogens (tertiary/aromatic N) is 2. The minimum atomic E-state index is -0.548. The van der Waals surface area contributed by atoms with Crippen molar-refractivity contribution < 1.29 is 30.0 Å². The van der Waals surface area contributed by atoms with Crippen molar-refractivity contribution in [2.75, 3.05) is 39.3 Å². The Morgan fingerprint density at radius 1 is 0.329 bits per heavy atom. The fraction of sp³-hybridized carbons (Fsp3) is 0.967. The van der Waals surface area contributed by atoms with Gasteiger partial charge in [0, 0.05) is 26.2 Å². The van der Waals surface area contributed by atoms with Crippen LogP contribution >= 0.6 is 0 Å². The molecular formula is C60H120N4O6. The molecule has 1 heterocycles. The maximum Gasteiger partial charge on any atom is 0.243 e. The van der Waals surface area contributed by atoms with Gasteiger partial charge < -0.3 is 31.1 Å². The minimum absolute atomic E-state index is 0.117. The lowest BCUT2D eigenvalue weighted by molar-refractivity contribution is -0.137. The summed E-state index contributed by atoms with van der Waals surface area (Å²) in [6, 6.07) is -1.10. The lowest BCUT2D eigenvalue weighted by Gasteiger charge is -2.31. The molecule has 1 saturated heterocycles. The Bertz CT molecular complexity index is 1050. The van der Waals surface area contributed by atoms with E-state index in [1.807, 2.05) is 0 Å². The number of hydrogen-bond acceptors (Lipinski definition) is 8. The van der Waals surface area contributed by atoms with Crippen LogP contribution in [-0.2, 0) is 9.59 Å². The van der Waals surface area contributed by atoms with E-state index in [1.165, 1.54) is 103 Å². The predicted octanol–water partition coefficient (Wildman–Crippen LogP) is 12.9. The average Bonchev–Trinajstić information content (AvgIpc) is 3.28. The third-order valence-electron chi connectivity index (χ3n) is 14.9. The zero-order valence-corrected chi connectivity index (χ0v) is 47.6. The zero-order valence-electron chi connectivity index (χ0n) is 47.6. The van der Waals surface area contributed by atoms with E-state index in [1.54, 1.807) is 0 Å². The van der Waals surface area contributed by atoms with Crippen molar-refractivity contribution in [2.45, 2.75) is 310 Å². The maximum atomic E-state index is 13.3. The minimum Gasteiger partial charge on any atom is -0.392 e. The van der Waals surface area contributed by atoms with Crippen molar-refractivity contribution in [1.82, 2.24) is 20.4 Å². The molecule has 6 unspecified atom stereocenters. The fourth-order valence-electron chi connectivity index (χ4n) is 10.4. The molecule has 0 aliphatic carbocycles. The lowest BCUT2D eigenvalue weighted by Crippen LogP contribution is -2.61. The van der Waals surface area contributed by atoms with Gasteiger partial charge in [0.15, 0.2) is 0 Å². The number of carbonyl (C=O) groups is 2. The molecule has 0 radical (unpaired) electrons. The van der Waals surface area contributed by atoms with Crippen LogP contribution in [0.25, 0.3) is 0 Å². The quantitative estimate of drug-likeness (QED) is 0.0331. The van der Waals surface area contributed by atoms with E-state index in [0.29, 0.717) is 39.0 Å². The highest BCUT2D eigenvalue weighted by Gasteiger charge is 2.33. The first-order chi connectivity index (χ1) is 33.5. The van der Waals surface area contributed by atoms with Crippen LogP contribution in [0.2, 0.25) is 0 Å². The van der Waals surface area contributed by atoms with Crippen LogP contribution in [0.5, 0.6) is 0 Å². The highest BCUT2D eigenvalue weighted by Crippen LogP contribution is 2.19. The zero-order chi connectivity index (χ0) is 51.8. The molecule has 0 bridgehead atoms. The highest BCUT2D eigenvalue weighted by molar-refractivity contribution is 5.96. The Kier molecular flexibility index (Phi) is 42.0. The van der Waals surface area contributed by atoms with E-state index < -0.39 is 36.5 Å². The molecule has 1 fully saturated rings. The van der Waals surface area contributed by atoms with Crippen LogP contribution < -0.4 is 10.6 Å². The first-order valence-corrected chi connectivity index (χ1v) is 30.3. The molecule has 1 aliphatic heterocycles. The van der Waals surface area contributed by atoms with Crippen molar-refractivity contribution >= 4 is 11.8 Å². The molecule has 10 nitrogen and oxygen atoms in total. The summed E-state index contributed by atoms with van der Waals surface area (Å²) in [5.74, 6) is 2.80. The van der Waals surface area contributed by atoms with Gasteiger partial charge in [-0.15, -0.1) is 0 Å². The standard InChI is InChI=1S/C60H120N4O6/c1-49(2)33-21-13-9-17-25-37-53(65)45-63(46-54(66)38-26-18-10-14-22-34-50(3)4)43-31-29-41-57-59(69)62-58(60(70)61-57)42-30-32-44-64(47-55(67)39-27-19-11-15-23-35-51(5)6)48-56(68)40-28-20-12-16-24-36-52(7)8/h49-58,65-68H,9-48H2,1-8H3,(H,61,70)(H,62,69). The van der Waals surface area contributed by atoms with Gasteiger partial charge in [-0.05, 0) is 101 Å². The van der Waals surface area contributed by atoms with Gasteiger partial charge in [0.2, 0.25) is 11.8 Å². The highest BCUT2D eigenvalue weighted by atomic mass is 16.3. The lowest BCUT2D eigenvalue weighted by atomic mass is 10.0. The van der Waals surface area contributed by atoms with Crippen molar-refractivity contribution in [3.8, 4) is 0 Å². The number of nitrogens with one attached hydrogen (secondary N) is 2. The molecule has 6 N–H and O–H groups in total. The summed E-state index contributed by atoms with van der Waals surface area (Å²) < 4.78 is 0. The van der Waals surface area contributed by atoms with Gasteiger partial charge in [-0.1, -0.05) is 209 Å². The maximum absolute atomic E-state index is 13.3. The molecule has 0 aromatic rings.